The van der Waals surface area contributed by atoms with Crippen LogP contribution in [0.1, 0.15) is 41.5 Å². The number of allylic oxidation sites excluding steroid dienone is 4. The molecule has 2 rings (SSSR count). The highest BCUT2D eigenvalue weighted by atomic mass is 16.5. The van der Waals surface area contributed by atoms with Crippen LogP contribution in [-0.2, 0) is 4.79 Å². The Labute approximate surface area is 156 Å². The normalized spacial score (nSPS) is 15.4. The lowest BCUT2D eigenvalue weighted by atomic mass is 9.72. The first-order chi connectivity index (χ1) is 12.0. The summed E-state index contributed by atoms with van der Waals surface area (Å²) in [6, 6.07) is 5.49. The van der Waals surface area contributed by atoms with E-state index in [9.17, 15) is 4.79 Å². The van der Waals surface area contributed by atoms with Crippen molar-refractivity contribution in [3.05, 3.63) is 41.5 Å². The van der Waals surface area contributed by atoms with Crippen molar-refractivity contribution in [2.24, 2.45) is 15.8 Å². The first kappa shape index (κ1) is 20.0. The maximum absolute atomic E-state index is 13.0. The quantitative estimate of drug-likeness (QED) is 0.691. The highest BCUT2D eigenvalue weighted by molar-refractivity contribution is 6.23. The SMILES string of the molecule is COc1ccc(OC)c(N=C2C=C(C(C)(C)C)C(=O)C(C(C)(C)C)=C2)c1. The van der Waals surface area contributed by atoms with E-state index in [1.807, 2.05) is 71.9 Å². The Balaban J connectivity index is 2.66. The van der Waals surface area contributed by atoms with Crippen molar-refractivity contribution in [3.63, 3.8) is 0 Å². The summed E-state index contributed by atoms with van der Waals surface area (Å²) in [5, 5.41) is 0. The third-order valence-corrected chi connectivity index (χ3v) is 4.33. The number of carbonyl (C=O) groups excluding carboxylic acids is 1. The summed E-state index contributed by atoms with van der Waals surface area (Å²) in [4.78, 5) is 17.8. The minimum atomic E-state index is -0.263. The molecule has 4 heteroatoms. The molecule has 1 aromatic rings. The van der Waals surface area contributed by atoms with Gasteiger partial charge in [0.05, 0.1) is 19.9 Å². The van der Waals surface area contributed by atoms with E-state index in [-0.39, 0.29) is 16.6 Å². The molecule has 0 aromatic heterocycles. The first-order valence-corrected chi connectivity index (χ1v) is 8.77. The number of benzene rings is 1. The predicted octanol–water partition coefficient (Wildman–Crippen LogP) is 5.30. The smallest absolute Gasteiger partial charge is 0.186 e. The third kappa shape index (κ3) is 4.24. The number of aliphatic imine (C=N–C) groups is 1. The second-order valence-electron chi connectivity index (χ2n) is 8.52. The van der Waals surface area contributed by atoms with Crippen LogP contribution < -0.4 is 9.47 Å². The van der Waals surface area contributed by atoms with Crippen LogP contribution in [0.15, 0.2) is 46.5 Å². The lowest BCUT2D eigenvalue weighted by molar-refractivity contribution is -0.114. The summed E-state index contributed by atoms with van der Waals surface area (Å²) < 4.78 is 10.7. The van der Waals surface area contributed by atoms with Gasteiger partial charge < -0.3 is 9.47 Å². The van der Waals surface area contributed by atoms with Crippen LogP contribution in [0, 0.1) is 10.8 Å². The van der Waals surface area contributed by atoms with Crippen LogP contribution in [0.25, 0.3) is 0 Å². The van der Waals surface area contributed by atoms with Gasteiger partial charge in [-0.3, -0.25) is 4.79 Å². The molecule has 0 amide bonds. The van der Waals surface area contributed by atoms with Crippen LogP contribution in [0.4, 0.5) is 5.69 Å². The Bertz CT molecular complexity index is 764. The molecule has 0 aliphatic heterocycles. The molecule has 0 bridgehead atoms. The second-order valence-corrected chi connectivity index (χ2v) is 8.52. The molecule has 140 valence electrons. The van der Waals surface area contributed by atoms with Crippen molar-refractivity contribution in [1.29, 1.82) is 0 Å². The molecule has 0 spiro atoms. The number of nitrogens with zero attached hydrogens (tertiary/aromatic N) is 1. The van der Waals surface area contributed by atoms with Gasteiger partial charge in [0.1, 0.15) is 17.2 Å². The molecule has 4 nitrogen and oxygen atoms in total. The highest BCUT2D eigenvalue weighted by Crippen LogP contribution is 2.38. The lowest BCUT2D eigenvalue weighted by Crippen LogP contribution is -2.29. The van der Waals surface area contributed by atoms with Gasteiger partial charge in [-0.05, 0) is 35.1 Å². The van der Waals surface area contributed by atoms with E-state index in [4.69, 9.17) is 14.5 Å². The van der Waals surface area contributed by atoms with Crippen LogP contribution >= 0.6 is 0 Å². The molecule has 0 fully saturated rings. The molecule has 0 N–H and O–H groups in total. The van der Waals surface area contributed by atoms with E-state index in [1.165, 1.54) is 0 Å². The molecule has 0 heterocycles. The minimum Gasteiger partial charge on any atom is -0.497 e. The summed E-state index contributed by atoms with van der Waals surface area (Å²) in [5.41, 5.74) is 2.43. The molecule has 0 saturated heterocycles. The van der Waals surface area contributed by atoms with Crippen molar-refractivity contribution in [3.8, 4) is 11.5 Å². The number of hydrogen-bond acceptors (Lipinski definition) is 4. The van der Waals surface area contributed by atoms with Crippen LogP contribution in [0.2, 0.25) is 0 Å². The molecule has 0 radical (unpaired) electrons. The van der Waals surface area contributed by atoms with Crippen LogP contribution in [0.5, 0.6) is 11.5 Å². The fourth-order valence-corrected chi connectivity index (χ4v) is 2.82. The van der Waals surface area contributed by atoms with E-state index < -0.39 is 0 Å². The zero-order valence-electron chi connectivity index (χ0n) is 17.1. The monoisotopic (exact) mass is 355 g/mol. The summed E-state index contributed by atoms with van der Waals surface area (Å²) in [6.07, 6.45) is 3.77. The molecule has 1 aromatic carbocycles. The van der Waals surface area contributed by atoms with Crippen molar-refractivity contribution in [1.82, 2.24) is 0 Å². The van der Waals surface area contributed by atoms with Gasteiger partial charge in [0.15, 0.2) is 5.78 Å². The third-order valence-electron chi connectivity index (χ3n) is 4.33. The van der Waals surface area contributed by atoms with Crippen LogP contribution in [0.3, 0.4) is 0 Å². The Morgan fingerprint density at radius 2 is 1.38 bits per heavy atom. The summed E-state index contributed by atoms with van der Waals surface area (Å²) in [6.45, 7) is 12.3. The Morgan fingerprint density at radius 1 is 0.846 bits per heavy atom. The van der Waals surface area contributed by atoms with Gasteiger partial charge in [0, 0.05) is 17.2 Å². The number of carbonyl (C=O) groups is 1. The van der Waals surface area contributed by atoms with Gasteiger partial charge in [0.2, 0.25) is 0 Å². The largest absolute Gasteiger partial charge is 0.497 e. The highest BCUT2D eigenvalue weighted by Gasteiger charge is 2.34. The average Bonchev–Trinajstić information content (AvgIpc) is 2.54. The van der Waals surface area contributed by atoms with E-state index in [0.29, 0.717) is 17.2 Å². The zero-order valence-corrected chi connectivity index (χ0v) is 17.1. The number of ether oxygens (including phenoxy) is 2. The van der Waals surface area contributed by atoms with E-state index in [1.54, 1.807) is 14.2 Å². The van der Waals surface area contributed by atoms with Gasteiger partial charge >= 0.3 is 0 Å². The topological polar surface area (TPSA) is 47.9 Å². The zero-order chi connectivity index (χ0) is 19.7. The molecule has 1 aliphatic carbocycles. The fraction of sp³-hybridized carbons (Fsp3) is 0.455. The lowest BCUT2D eigenvalue weighted by Gasteiger charge is -2.31. The standard InChI is InChI=1S/C22H29NO3/c1-21(2,3)16-11-14(12-17(20(16)24)22(4,5)6)23-18-13-15(25-7)9-10-19(18)26-8/h9-13H,1-8H3. The van der Waals surface area contributed by atoms with Crippen LogP contribution in [-0.4, -0.2) is 25.7 Å². The average molecular weight is 355 g/mol. The van der Waals surface area contributed by atoms with E-state index >= 15 is 0 Å². The van der Waals surface area contributed by atoms with Gasteiger partial charge in [-0.1, -0.05) is 41.5 Å². The summed E-state index contributed by atoms with van der Waals surface area (Å²) in [5.74, 6) is 1.46. The molecule has 0 atom stereocenters. The van der Waals surface area contributed by atoms with Crippen molar-refractivity contribution >= 4 is 17.2 Å². The molecular formula is C22H29NO3. The van der Waals surface area contributed by atoms with Gasteiger partial charge in [-0.25, -0.2) is 4.99 Å². The first-order valence-electron chi connectivity index (χ1n) is 8.77. The summed E-state index contributed by atoms with van der Waals surface area (Å²) in [7, 11) is 3.23. The second kappa shape index (κ2) is 7.10. The fourth-order valence-electron chi connectivity index (χ4n) is 2.82. The van der Waals surface area contributed by atoms with E-state index in [2.05, 4.69) is 0 Å². The van der Waals surface area contributed by atoms with E-state index in [0.717, 1.165) is 16.9 Å². The molecule has 1 aliphatic rings. The Morgan fingerprint density at radius 3 is 1.81 bits per heavy atom. The maximum Gasteiger partial charge on any atom is 0.186 e. The number of Topliss-reactive ketones (excluding diaryl/α,β-unsaturated/α-hetero) is 1. The van der Waals surface area contributed by atoms with Crippen molar-refractivity contribution in [2.45, 2.75) is 41.5 Å². The molecule has 0 saturated carbocycles. The van der Waals surface area contributed by atoms with Crippen molar-refractivity contribution < 1.29 is 14.3 Å². The predicted molar refractivity (Wildman–Crippen MR) is 107 cm³/mol. The van der Waals surface area contributed by atoms with Crippen molar-refractivity contribution in [2.75, 3.05) is 14.2 Å². The maximum atomic E-state index is 13.0. The number of rotatable bonds is 3. The molecule has 26 heavy (non-hydrogen) atoms. The Kier molecular flexibility index (Phi) is 5.45. The molecule has 0 unspecified atom stereocenters. The summed E-state index contributed by atoms with van der Waals surface area (Å²) >= 11 is 0. The van der Waals surface area contributed by atoms with Gasteiger partial charge in [-0.2, -0.15) is 0 Å². The van der Waals surface area contributed by atoms with Gasteiger partial charge in [0.25, 0.3) is 0 Å². The number of methoxy groups -OCH3 is 2. The van der Waals surface area contributed by atoms with Gasteiger partial charge in [-0.15, -0.1) is 0 Å². The molecular weight excluding hydrogens is 326 g/mol. The number of hydrogen-bond donors (Lipinski definition) is 0. The Hall–Kier alpha value is -2.36. The number of ketones is 1. The minimum absolute atomic E-state index is 0.0987.